The number of anilines is 1. The highest BCUT2D eigenvalue weighted by molar-refractivity contribution is 5.91. The van der Waals surface area contributed by atoms with E-state index in [0.717, 1.165) is 17.8 Å². The third-order valence-corrected chi connectivity index (χ3v) is 1.87. The van der Waals surface area contributed by atoms with Crippen molar-refractivity contribution in [2.45, 2.75) is 6.54 Å². The number of nitrogens with one attached hydrogen (secondary N) is 2. The van der Waals surface area contributed by atoms with E-state index in [1.165, 1.54) is 7.11 Å². The lowest BCUT2D eigenvalue weighted by molar-refractivity contribution is -0.119. The van der Waals surface area contributed by atoms with Crippen LogP contribution in [0.25, 0.3) is 0 Å². The van der Waals surface area contributed by atoms with Crippen molar-refractivity contribution in [3.05, 3.63) is 29.8 Å². The molecule has 0 saturated heterocycles. The summed E-state index contributed by atoms with van der Waals surface area (Å²) in [5, 5.41) is 5.80. The molecular formula is C11H16N2O2. The van der Waals surface area contributed by atoms with E-state index in [-0.39, 0.29) is 12.5 Å². The molecule has 0 aromatic heterocycles. The van der Waals surface area contributed by atoms with E-state index in [1.807, 2.05) is 31.3 Å². The SMILES string of the molecule is CNCc1cccc(NC(=O)COC)c1. The summed E-state index contributed by atoms with van der Waals surface area (Å²) >= 11 is 0. The Kier molecular flexibility index (Phi) is 4.80. The van der Waals surface area contributed by atoms with Crippen LogP contribution in [0.1, 0.15) is 5.56 Å². The monoisotopic (exact) mass is 208 g/mol. The minimum Gasteiger partial charge on any atom is -0.375 e. The molecule has 15 heavy (non-hydrogen) atoms. The molecule has 4 nitrogen and oxygen atoms in total. The molecule has 1 aromatic carbocycles. The van der Waals surface area contributed by atoms with Crippen molar-refractivity contribution in [3.63, 3.8) is 0 Å². The number of rotatable bonds is 5. The zero-order valence-electron chi connectivity index (χ0n) is 9.04. The van der Waals surface area contributed by atoms with E-state index in [1.54, 1.807) is 0 Å². The van der Waals surface area contributed by atoms with Crippen LogP contribution >= 0.6 is 0 Å². The molecule has 2 N–H and O–H groups in total. The van der Waals surface area contributed by atoms with Crippen LogP contribution in [0.4, 0.5) is 5.69 Å². The minimum absolute atomic E-state index is 0.0796. The first kappa shape index (κ1) is 11.7. The van der Waals surface area contributed by atoms with Gasteiger partial charge in [0.1, 0.15) is 6.61 Å². The normalized spacial score (nSPS) is 10.0. The first-order chi connectivity index (χ1) is 7.26. The molecule has 1 aromatic rings. The van der Waals surface area contributed by atoms with Crippen LogP contribution in [-0.4, -0.2) is 26.7 Å². The Morgan fingerprint density at radius 3 is 2.93 bits per heavy atom. The Hall–Kier alpha value is -1.39. The van der Waals surface area contributed by atoms with Gasteiger partial charge in [-0.1, -0.05) is 12.1 Å². The van der Waals surface area contributed by atoms with E-state index >= 15 is 0 Å². The van der Waals surface area contributed by atoms with Gasteiger partial charge in [-0.25, -0.2) is 0 Å². The largest absolute Gasteiger partial charge is 0.375 e. The number of ether oxygens (including phenoxy) is 1. The van der Waals surface area contributed by atoms with Gasteiger partial charge >= 0.3 is 0 Å². The van der Waals surface area contributed by atoms with Gasteiger partial charge in [0, 0.05) is 19.3 Å². The first-order valence-corrected chi connectivity index (χ1v) is 4.78. The number of hydrogen-bond donors (Lipinski definition) is 2. The third-order valence-electron chi connectivity index (χ3n) is 1.87. The van der Waals surface area contributed by atoms with Crippen LogP contribution in [0.15, 0.2) is 24.3 Å². The van der Waals surface area contributed by atoms with Gasteiger partial charge in [-0.15, -0.1) is 0 Å². The van der Waals surface area contributed by atoms with Crippen LogP contribution in [-0.2, 0) is 16.1 Å². The molecule has 0 atom stereocenters. The van der Waals surface area contributed by atoms with Crippen molar-refractivity contribution >= 4 is 11.6 Å². The molecule has 0 heterocycles. The summed E-state index contributed by atoms with van der Waals surface area (Å²) in [7, 11) is 3.38. The van der Waals surface area contributed by atoms with E-state index in [9.17, 15) is 4.79 Å². The smallest absolute Gasteiger partial charge is 0.250 e. The maximum absolute atomic E-state index is 11.2. The highest BCUT2D eigenvalue weighted by atomic mass is 16.5. The van der Waals surface area contributed by atoms with Gasteiger partial charge in [-0.3, -0.25) is 4.79 Å². The second-order valence-corrected chi connectivity index (χ2v) is 3.21. The summed E-state index contributed by atoms with van der Waals surface area (Å²) in [6, 6.07) is 7.70. The van der Waals surface area contributed by atoms with Gasteiger partial charge in [0.25, 0.3) is 0 Å². The summed E-state index contributed by atoms with van der Waals surface area (Å²) in [5.41, 5.74) is 1.93. The van der Waals surface area contributed by atoms with Crippen LogP contribution in [0.2, 0.25) is 0 Å². The fourth-order valence-corrected chi connectivity index (χ4v) is 1.29. The highest BCUT2D eigenvalue weighted by Gasteiger charge is 2.01. The minimum atomic E-state index is -0.140. The van der Waals surface area contributed by atoms with Gasteiger partial charge in [0.15, 0.2) is 0 Å². The molecule has 0 spiro atoms. The van der Waals surface area contributed by atoms with Crippen molar-refractivity contribution in [1.29, 1.82) is 0 Å². The van der Waals surface area contributed by atoms with E-state index in [2.05, 4.69) is 10.6 Å². The lowest BCUT2D eigenvalue weighted by Gasteiger charge is -2.06. The molecule has 4 heteroatoms. The third kappa shape index (κ3) is 4.10. The van der Waals surface area contributed by atoms with Crippen molar-refractivity contribution in [2.75, 3.05) is 26.1 Å². The molecule has 0 fully saturated rings. The van der Waals surface area contributed by atoms with Gasteiger partial charge in [0.05, 0.1) is 0 Å². The summed E-state index contributed by atoms with van der Waals surface area (Å²) < 4.78 is 4.73. The molecule has 0 aliphatic heterocycles. The molecule has 0 unspecified atom stereocenters. The molecular weight excluding hydrogens is 192 g/mol. The summed E-state index contributed by atoms with van der Waals surface area (Å²) in [6.45, 7) is 0.865. The zero-order valence-corrected chi connectivity index (χ0v) is 9.04. The van der Waals surface area contributed by atoms with Gasteiger partial charge in [0.2, 0.25) is 5.91 Å². The van der Waals surface area contributed by atoms with Gasteiger partial charge in [-0.05, 0) is 24.7 Å². The van der Waals surface area contributed by atoms with Crippen molar-refractivity contribution in [3.8, 4) is 0 Å². The number of carbonyl (C=O) groups excluding carboxylic acids is 1. The lowest BCUT2D eigenvalue weighted by atomic mass is 10.2. The predicted molar refractivity (Wildman–Crippen MR) is 59.7 cm³/mol. The fraction of sp³-hybridized carbons (Fsp3) is 0.364. The number of amides is 1. The average molecular weight is 208 g/mol. The van der Waals surface area contributed by atoms with Gasteiger partial charge in [-0.2, -0.15) is 0 Å². The summed E-state index contributed by atoms with van der Waals surface area (Å²) in [4.78, 5) is 11.2. The maximum Gasteiger partial charge on any atom is 0.250 e. The lowest BCUT2D eigenvalue weighted by Crippen LogP contribution is -2.17. The Labute approximate surface area is 89.6 Å². The van der Waals surface area contributed by atoms with Crippen LogP contribution in [0.3, 0.4) is 0 Å². The number of carbonyl (C=O) groups is 1. The molecule has 0 bridgehead atoms. The Balaban J connectivity index is 2.60. The predicted octanol–water partition coefficient (Wildman–Crippen LogP) is 0.991. The Morgan fingerprint density at radius 1 is 1.47 bits per heavy atom. The number of benzene rings is 1. The summed E-state index contributed by atoms with van der Waals surface area (Å²) in [6.07, 6.45) is 0. The molecule has 0 saturated carbocycles. The van der Waals surface area contributed by atoms with Crippen LogP contribution < -0.4 is 10.6 Å². The summed E-state index contributed by atoms with van der Waals surface area (Å²) in [5.74, 6) is -0.140. The average Bonchev–Trinajstić information content (AvgIpc) is 2.19. The van der Waals surface area contributed by atoms with E-state index < -0.39 is 0 Å². The zero-order chi connectivity index (χ0) is 11.1. The molecule has 1 rings (SSSR count). The Bertz CT molecular complexity index is 326. The topological polar surface area (TPSA) is 50.4 Å². The molecule has 0 radical (unpaired) electrons. The number of hydrogen-bond acceptors (Lipinski definition) is 3. The standard InChI is InChI=1S/C11H16N2O2/c1-12-7-9-4-3-5-10(6-9)13-11(14)8-15-2/h3-6,12H,7-8H2,1-2H3,(H,13,14). The second-order valence-electron chi connectivity index (χ2n) is 3.21. The van der Waals surface area contributed by atoms with Crippen molar-refractivity contribution in [2.24, 2.45) is 0 Å². The van der Waals surface area contributed by atoms with Crippen LogP contribution in [0, 0.1) is 0 Å². The molecule has 82 valence electrons. The second kappa shape index (κ2) is 6.16. The van der Waals surface area contributed by atoms with E-state index in [0.29, 0.717) is 0 Å². The number of methoxy groups -OCH3 is 1. The first-order valence-electron chi connectivity index (χ1n) is 4.78. The maximum atomic E-state index is 11.2. The van der Waals surface area contributed by atoms with Crippen molar-refractivity contribution < 1.29 is 9.53 Å². The molecule has 0 aliphatic rings. The molecule has 0 aliphatic carbocycles. The quantitative estimate of drug-likeness (QED) is 0.758. The molecule has 1 amide bonds. The van der Waals surface area contributed by atoms with Crippen molar-refractivity contribution in [1.82, 2.24) is 5.32 Å². The Morgan fingerprint density at radius 2 is 2.27 bits per heavy atom. The van der Waals surface area contributed by atoms with Crippen LogP contribution in [0.5, 0.6) is 0 Å². The van der Waals surface area contributed by atoms with E-state index in [4.69, 9.17) is 4.74 Å². The fourth-order valence-electron chi connectivity index (χ4n) is 1.29. The van der Waals surface area contributed by atoms with Gasteiger partial charge < -0.3 is 15.4 Å². The highest BCUT2D eigenvalue weighted by Crippen LogP contribution is 2.10.